The van der Waals surface area contributed by atoms with Crippen LogP contribution in [-0.2, 0) is 14.3 Å². The van der Waals surface area contributed by atoms with Crippen LogP contribution < -0.4 is 10.4 Å². The molecule has 2 saturated heterocycles. The number of nitrogens with zero attached hydrogens (tertiary/aromatic N) is 3. The SMILES string of the molecule is CCOC(=O)N1CC2(CC2)C[C@H](C(=O)NO)[C@H]1C(=O)N1CCN(c2ccccc2)CC1. The minimum atomic E-state index is -0.972. The van der Waals surface area contributed by atoms with E-state index >= 15 is 0 Å². The molecular weight excluding hydrogens is 400 g/mol. The van der Waals surface area contributed by atoms with E-state index < -0.39 is 24.0 Å². The molecule has 31 heavy (non-hydrogen) atoms. The molecule has 9 nitrogen and oxygen atoms in total. The Bertz CT molecular complexity index is 820. The van der Waals surface area contributed by atoms with Gasteiger partial charge in [0.25, 0.3) is 0 Å². The lowest BCUT2D eigenvalue weighted by molar-refractivity contribution is -0.150. The number of benzene rings is 1. The number of anilines is 1. The van der Waals surface area contributed by atoms with Crippen LogP contribution in [0.1, 0.15) is 26.2 Å². The molecule has 1 aromatic carbocycles. The zero-order valence-electron chi connectivity index (χ0n) is 17.8. The fraction of sp³-hybridized carbons (Fsp3) is 0.591. The van der Waals surface area contributed by atoms with E-state index in [0.29, 0.717) is 39.1 Å². The Balaban J connectivity index is 1.52. The molecule has 3 amide bonds. The Labute approximate surface area is 181 Å². The van der Waals surface area contributed by atoms with Gasteiger partial charge in [0, 0.05) is 38.4 Å². The Morgan fingerprint density at radius 2 is 1.81 bits per heavy atom. The van der Waals surface area contributed by atoms with Crippen molar-refractivity contribution in [3.8, 4) is 0 Å². The van der Waals surface area contributed by atoms with Crippen LogP contribution >= 0.6 is 0 Å². The maximum atomic E-state index is 13.6. The molecular formula is C22H30N4O5. The standard InChI is InChI=1S/C22H30N4O5/c1-2-31-21(29)26-15-22(8-9-22)14-17(19(27)23-30)18(26)20(28)25-12-10-24(11-13-25)16-6-4-3-5-7-16/h3-7,17-18,30H,2,8-15H2,1H3,(H,23,27)/t17-,18-/m0/s1. The number of rotatable bonds is 4. The van der Waals surface area contributed by atoms with Gasteiger partial charge in [-0.2, -0.15) is 0 Å². The first-order chi connectivity index (χ1) is 15.0. The van der Waals surface area contributed by atoms with Crippen LogP contribution in [-0.4, -0.2) is 78.3 Å². The van der Waals surface area contributed by atoms with Crippen LogP contribution in [0, 0.1) is 11.3 Å². The minimum Gasteiger partial charge on any atom is -0.450 e. The van der Waals surface area contributed by atoms with Gasteiger partial charge in [-0.3, -0.25) is 19.7 Å². The summed E-state index contributed by atoms with van der Waals surface area (Å²) in [6, 6.07) is 9.04. The number of likely N-dealkylation sites (tertiary alicyclic amines) is 1. The van der Waals surface area contributed by atoms with Crippen molar-refractivity contribution >= 4 is 23.6 Å². The lowest BCUT2D eigenvalue weighted by atomic mass is 9.80. The molecule has 1 saturated carbocycles. The van der Waals surface area contributed by atoms with Gasteiger partial charge in [-0.15, -0.1) is 0 Å². The van der Waals surface area contributed by atoms with Crippen LogP contribution in [0.2, 0.25) is 0 Å². The Kier molecular flexibility index (Phi) is 6.04. The fourth-order valence-electron chi connectivity index (χ4n) is 4.88. The molecule has 9 heteroatoms. The smallest absolute Gasteiger partial charge is 0.410 e. The first-order valence-corrected chi connectivity index (χ1v) is 10.9. The van der Waals surface area contributed by atoms with E-state index in [1.807, 2.05) is 30.3 Å². The molecule has 2 N–H and O–H groups in total. The van der Waals surface area contributed by atoms with Crippen LogP contribution in [0.5, 0.6) is 0 Å². The van der Waals surface area contributed by atoms with Gasteiger partial charge in [0.05, 0.1) is 12.5 Å². The molecule has 0 unspecified atom stereocenters. The number of carbonyl (C=O) groups is 3. The van der Waals surface area contributed by atoms with Gasteiger partial charge in [0.15, 0.2) is 0 Å². The molecule has 3 fully saturated rings. The fourth-order valence-corrected chi connectivity index (χ4v) is 4.88. The molecule has 0 aromatic heterocycles. The molecule has 168 valence electrons. The maximum absolute atomic E-state index is 13.6. The van der Waals surface area contributed by atoms with E-state index in [1.54, 1.807) is 17.3 Å². The zero-order chi connectivity index (χ0) is 22.0. The van der Waals surface area contributed by atoms with Crippen molar-refractivity contribution in [2.45, 2.75) is 32.2 Å². The zero-order valence-corrected chi connectivity index (χ0v) is 17.8. The maximum Gasteiger partial charge on any atom is 0.410 e. The summed E-state index contributed by atoms with van der Waals surface area (Å²) in [6.07, 6.45) is 1.70. The highest BCUT2D eigenvalue weighted by atomic mass is 16.6. The second-order valence-electron chi connectivity index (χ2n) is 8.71. The van der Waals surface area contributed by atoms with Crippen LogP contribution in [0.25, 0.3) is 0 Å². The highest BCUT2D eigenvalue weighted by Crippen LogP contribution is 2.55. The molecule has 3 aliphatic rings. The van der Waals surface area contributed by atoms with Crippen molar-refractivity contribution in [2.75, 3.05) is 44.2 Å². The molecule has 0 bridgehead atoms. The normalized spacial score (nSPS) is 24.6. The van der Waals surface area contributed by atoms with Gasteiger partial charge in [-0.25, -0.2) is 10.3 Å². The summed E-state index contributed by atoms with van der Waals surface area (Å²) in [6.45, 7) is 4.65. The molecule has 1 aromatic rings. The summed E-state index contributed by atoms with van der Waals surface area (Å²) in [7, 11) is 0. The molecule has 2 atom stereocenters. The Hall–Kier alpha value is -2.81. The molecule has 2 heterocycles. The van der Waals surface area contributed by atoms with Crippen LogP contribution in [0.4, 0.5) is 10.5 Å². The van der Waals surface area contributed by atoms with E-state index in [4.69, 9.17) is 4.74 Å². The van der Waals surface area contributed by atoms with Gasteiger partial charge >= 0.3 is 6.09 Å². The number of hydrogen-bond donors (Lipinski definition) is 2. The first-order valence-electron chi connectivity index (χ1n) is 10.9. The minimum absolute atomic E-state index is 0.160. The van der Waals surface area contributed by atoms with Gasteiger partial charge in [-0.1, -0.05) is 18.2 Å². The topological polar surface area (TPSA) is 102 Å². The highest BCUT2D eigenvalue weighted by Gasteiger charge is 2.57. The quantitative estimate of drug-likeness (QED) is 0.554. The van der Waals surface area contributed by atoms with Crippen LogP contribution in [0.15, 0.2) is 30.3 Å². The summed E-state index contributed by atoms with van der Waals surface area (Å²) in [5.74, 6) is -1.68. The third-order valence-electron chi connectivity index (χ3n) is 6.75. The summed E-state index contributed by atoms with van der Waals surface area (Å²) in [5.41, 5.74) is 2.66. The molecule has 4 rings (SSSR count). The Morgan fingerprint density at radius 1 is 1.13 bits per heavy atom. The third-order valence-corrected chi connectivity index (χ3v) is 6.75. The van der Waals surface area contributed by atoms with Crippen molar-refractivity contribution in [3.05, 3.63) is 30.3 Å². The van der Waals surface area contributed by atoms with E-state index in [0.717, 1.165) is 18.5 Å². The predicted molar refractivity (Wildman–Crippen MR) is 112 cm³/mol. The van der Waals surface area contributed by atoms with E-state index in [2.05, 4.69) is 4.90 Å². The summed E-state index contributed by atoms with van der Waals surface area (Å²) in [4.78, 5) is 44.2. The van der Waals surface area contributed by atoms with Gasteiger partial charge < -0.3 is 14.5 Å². The number of hydrogen-bond acceptors (Lipinski definition) is 6. The first kappa shape index (κ1) is 21.4. The molecule has 2 aliphatic heterocycles. The second-order valence-corrected chi connectivity index (χ2v) is 8.71. The molecule has 1 spiro atoms. The van der Waals surface area contributed by atoms with Crippen molar-refractivity contribution in [1.29, 1.82) is 0 Å². The number of piperidine rings is 1. The lowest BCUT2D eigenvalue weighted by Gasteiger charge is -2.45. The number of carbonyl (C=O) groups excluding carboxylic acids is 3. The largest absolute Gasteiger partial charge is 0.450 e. The number of ether oxygens (including phenoxy) is 1. The number of amides is 3. The van der Waals surface area contributed by atoms with E-state index in [1.165, 1.54) is 4.90 Å². The molecule has 0 radical (unpaired) electrons. The van der Waals surface area contributed by atoms with Gasteiger partial charge in [0.2, 0.25) is 11.8 Å². The molecule has 1 aliphatic carbocycles. The average molecular weight is 431 g/mol. The number of para-hydroxylation sites is 1. The number of piperazine rings is 1. The van der Waals surface area contributed by atoms with Crippen LogP contribution in [0.3, 0.4) is 0 Å². The summed E-state index contributed by atoms with van der Waals surface area (Å²) in [5, 5.41) is 9.31. The lowest BCUT2D eigenvalue weighted by Crippen LogP contribution is -2.63. The van der Waals surface area contributed by atoms with Crippen molar-refractivity contribution in [3.63, 3.8) is 0 Å². The predicted octanol–water partition coefficient (Wildman–Crippen LogP) is 1.47. The van der Waals surface area contributed by atoms with E-state index in [9.17, 15) is 19.6 Å². The third kappa shape index (κ3) is 4.32. The Morgan fingerprint density at radius 3 is 2.39 bits per heavy atom. The van der Waals surface area contributed by atoms with Crippen molar-refractivity contribution < 1.29 is 24.3 Å². The average Bonchev–Trinajstić information content (AvgIpc) is 3.56. The summed E-state index contributed by atoms with van der Waals surface area (Å²) >= 11 is 0. The number of hydroxylamine groups is 1. The number of nitrogens with one attached hydrogen (secondary N) is 1. The van der Waals surface area contributed by atoms with Crippen molar-refractivity contribution in [2.24, 2.45) is 11.3 Å². The van der Waals surface area contributed by atoms with Gasteiger partial charge in [0.1, 0.15) is 6.04 Å². The van der Waals surface area contributed by atoms with Crippen molar-refractivity contribution in [1.82, 2.24) is 15.3 Å². The monoisotopic (exact) mass is 430 g/mol. The highest BCUT2D eigenvalue weighted by molar-refractivity contribution is 5.93. The van der Waals surface area contributed by atoms with Gasteiger partial charge in [-0.05, 0) is 43.7 Å². The second kappa shape index (κ2) is 8.74. The van der Waals surface area contributed by atoms with E-state index in [-0.39, 0.29) is 17.9 Å². The summed E-state index contributed by atoms with van der Waals surface area (Å²) < 4.78 is 5.22.